The lowest BCUT2D eigenvalue weighted by Crippen LogP contribution is -2.39. The van der Waals surface area contributed by atoms with Crippen molar-refractivity contribution in [2.24, 2.45) is 0 Å². The molecule has 0 spiro atoms. The van der Waals surface area contributed by atoms with Gasteiger partial charge in [-0.25, -0.2) is 0 Å². The van der Waals surface area contributed by atoms with E-state index < -0.39 is 0 Å². The summed E-state index contributed by atoms with van der Waals surface area (Å²) in [7, 11) is 0. The first-order valence-corrected chi connectivity index (χ1v) is 6.78. The molecule has 0 saturated carbocycles. The van der Waals surface area contributed by atoms with Gasteiger partial charge < -0.3 is 5.32 Å². The minimum atomic E-state index is 0.671. The summed E-state index contributed by atoms with van der Waals surface area (Å²) in [5.74, 6) is 2.52. The van der Waals surface area contributed by atoms with E-state index in [4.69, 9.17) is 0 Å². The van der Waals surface area contributed by atoms with Gasteiger partial charge in [-0.3, -0.25) is 0 Å². The van der Waals surface area contributed by atoms with Crippen LogP contribution in [0.5, 0.6) is 0 Å². The zero-order chi connectivity index (χ0) is 10.7. The van der Waals surface area contributed by atoms with Gasteiger partial charge in [-0.05, 0) is 31.4 Å². The van der Waals surface area contributed by atoms with Gasteiger partial charge in [0.2, 0.25) is 0 Å². The minimum absolute atomic E-state index is 0.671. The molecule has 1 unspecified atom stereocenters. The molecule has 0 aromatic heterocycles. The van der Waals surface area contributed by atoms with Crippen molar-refractivity contribution in [1.29, 1.82) is 0 Å². The molecule has 15 heavy (non-hydrogen) atoms. The van der Waals surface area contributed by atoms with E-state index in [0.717, 1.165) is 0 Å². The Morgan fingerprint density at radius 2 is 2.27 bits per heavy atom. The van der Waals surface area contributed by atoms with E-state index in [1.807, 2.05) is 0 Å². The van der Waals surface area contributed by atoms with Crippen LogP contribution in [-0.2, 0) is 6.42 Å². The number of hydrogen-bond acceptors (Lipinski definition) is 2. The summed E-state index contributed by atoms with van der Waals surface area (Å²) in [6, 6.07) is 7.46. The molecule has 82 valence electrons. The molecule has 1 aliphatic rings. The summed E-state index contributed by atoms with van der Waals surface area (Å²) < 4.78 is 0. The van der Waals surface area contributed by atoms with Crippen LogP contribution < -0.4 is 5.32 Å². The van der Waals surface area contributed by atoms with Crippen LogP contribution in [0, 0.1) is 13.8 Å². The zero-order valence-corrected chi connectivity index (χ0v) is 10.4. The summed E-state index contributed by atoms with van der Waals surface area (Å²) in [5, 5.41) is 3.59. The van der Waals surface area contributed by atoms with Gasteiger partial charge in [0, 0.05) is 24.1 Å². The van der Waals surface area contributed by atoms with Crippen LogP contribution in [0.2, 0.25) is 0 Å². The molecule has 1 aromatic carbocycles. The zero-order valence-electron chi connectivity index (χ0n) is 9.55. The van der Waals surface area contributed by atoms with Gasteiger partial charge in [-0.2, -0.15) is 11.8 Å². The van der Waals surface area contributed by atoms with Crippen LogP contribution >= 0.6 is 11.8 Å². The molecule has 1 saturated heterocycles. The van der Waals surface area contributed by atoms with Crippen LogP contribution in [0.15, 0.2) is 18.2 Å². The first-order chi connectivity index (χ1) is 7.25. The molecule has 0 aliphatic carbocycles. The molecule has 1 N–H and O–H groups in total. The molecule has 2 rings (SSSR count). The third-order valence-corrected chi connectivity index (χ3v) is 4.09. The van der Waals surface area contributed by atoms with E-state index in [-0.39, 0.29) is 0 Å². The highest BCUT2D eigenvalue weighted by molar-refractivity contribution is 7.99. The van der Waals surface area contributed by atoms with Crippen molar-refractivity contribution < 1.29 is 0 Å². The first kappa shape index (κ1) is 11.0. The predicted octanol–water partition coefficient (Wildman–Crippen LogP) is 2.55. The fourth-order valence-electron chi connectivity index (χ4n) is 2.09. The maximum absolute atomic E-state index is 3.59. The second kappa shape index (κ2) is 5.04. The molecule has 1 nitrogen and oxygen atoms in total. The Kier molecular flexibility index (Phi) is 3.71. The average molecular weight is 221 g/mol. The molecule has 2 heteroatoms. The van der Waals surface area contributed by atoms with Crippen molar-refractivity contribution in [3.63, 3.8) is 0 Å². The fourth-order valence-corrected chi connectivity index (χ4v) is 3.04. The van der Waals surface area contributed by atoms with E-state index in [0.29, 0.717) is 6.04 Å². The largest absolute Gasteiger partial charge is 0.312 e. The maximum Gasteiger partial charge on any atom is 0.0199 e. The van der Waals surface area contributed by atoms with Gasteiger partial charge in [-0.1, -0.05) is 23.8 Å². The topological polar surface area (TPSA) is 12.0 Å². The fraction of sp³-hybridized carbons (Fsp3) is 0.538. The van der Waals surface area contributed by atoms with Crippen LogP contribution in [0.25, 0.3) is 0 Å². The molecule has 1 fully saturated rings. The lowest BCUT2D eigenvalue weighted by molar-refractivity contribution is 0.562. The molecule has 1 atom stereocenters. The SMILES string of the molecule is Cc1ccc(CC2CSCCN2)c(C)c1. The Labute approximate surface area is 96.7 Å². The van der Waals surface area contributed by atoms with Crippen molar-refractivity contribution >= 4 is 11.8 Å². The molecule has 0 radical (unpaired) electrons. The summed E-state index contributed by atoms with van der Waals surface area (Å²) >= 11 is 2.07. The monoisotopic (exact) mass is 221 g/mol. The molecule has 1 aliphatic heterocycles. The first-order valence-electron chi connectivity index (χ1n) is 5.63. The Balaban J connectivity index is 2.03. The molecular weight excluding hydrogens is 202 g/mol. The molecule has 0 bridgehead atoms. The van der Waals surface area contributed by atoms with E-state index in [1.54, 1.807) is 0 Å². The van der Waals surface area contributed by atoms with E-state index in [9.17, 15) is 0 Å². The van der Waals surface area contributed by atoms with E-state index >= 15 is 0 Å². The van der Waals surface area contributed by atoms with E-state index in [2.05, 4.69) is 49.1 Å². The summed E-state index contributed by atoms with van der Waals surface area (Å²) in [6.07, 6.45) is 1.18. The highest BCUT2D eigenvalue weighted by Gasteiger charge is 2.13. The van der Waals surface area contributed by atoms with Gasteiger partial charge in [0.25, 0.3) is 0 Å². The lowest BCUT2D eigenvalue weighted by Gasteiger charge is -2.23. The third kappa shape index (κ3) is 2.99. The van der Waals surface area contributed by atoms with Crippen molar-refractivity contribution in [2.45, 2.75) is 26.3 Å². The van der Waals surface area contributed by atoms with Crippen molar-refractivity contribution in [1.82, 2.24) is 5.32 Å². The Morgan fingerprint density at radius 1 is 1.40 bits per heavy atom. The smallest absolute Gasteiger partial charge is 0.0199 e. The summed E-state index contributed by atoms with van der Waals surface area (Å²) in [5.41, 5.74) is 4.30. The van der Waals surface area contributed by atoms with Crippen LogP contribution in [0.1, 0.15) is 16.7 Å². The Bertz CT molecular complexity index is 329. The second-order valence-electron chi connectivity index (χ2n) is 4.36. The van der Waals surface area contributed by atoms with Gasteiger partial charge in [0.15, 0.2) is 0 Å². The van der Waals surface area contributed by atoms with Gasteiger partial charge >= 0.3 is 0 Å². The Morgan fingerprint density at radius 3 is 2.93 bits per heavy atom. The van der Waals surface area contributed by atoms with E-state index in [1.165, 1.54) is 41.2 Å². The van der Waals surface area contributed by atoms with Crippen molar-refractivity contribution in [3.05, 3.63) is 34.9 Å². The lowest BCUT2D eigenvalue weighted by atomic mass is 10.00. The number of thioether (sulfide) groups is 1. The number of nitrogens with one attached hydrogen (secondary N) is 1. The standard InChI is InChI=1S/C13H19NS/c1-10-3-4-12(11(2)7-10)8-13-9-15-6-5-14-13/h3-4,7,13-14H,5-6,8-9H2,1-2H3. The minimum Gasteiger partial charge on any atom is -0.312 e. The van der Waals surface area contributed by atoms with Crippen LogP contribution in [0.4, 0.5) is 0 Å². The third-order valence-electron chi connectivity index (χ3n) is 2.96. The molecular formula is C13H19NS. The number of hydrogen-bond donors (Lipinski definition) is 1. The maximum atomic E-state index is 3.59. The summed E-state index contributed by atoms with van der Waals surface area (Å²) in [6.45, 7) is 5.55. The summed E-state index contributed by atoms with van der Waals surface area (Å²) in [4.78, 5) is 0. The normalized spacial score (nSPS) is 21.6. The van der Waals surface area contributed by atoms with Crippen molar-refractivity contribution in [3.8, 4) is 0 Å². The highest BCUT2D eigenvalue weighted by Crippen LogP contribution is 2.16. The number of benzene rings is 1. The average Bonchev–Trinajstić information content (AvgIpc) is 2.24. The molecule has 1 aromatic rings. The van der Waals surface area contributed by atoms with Crippen LogP contribution in [-0.4, -0.2) is 24.1 Å². The highest BCUT2D eigenvalue weighted by atomic mass is 32.2. The number of aryl methyl sites for hydroxylation is 2. The van der Waals surface area contributed by atoms with Crippen molar-refractivity contribution in [2.75, 3.05) is 18.1 Å². The number of rotatable bonds is 2. The quantitative estimate of drug-likeness (QED) is 0.823. The van der Waals surface area contributed by atoms with Gasteiger partial charge in [0.1, 0.15) is 0 Å². The second-order valence-corrected chi connectivity index (χ2v) is 5.51. The van der Waals surface area contributed by atoms with Gasteiger partial charge in [0.05, 0.1) is 0 Å². The molecule has 1 heterocycles. The molecule has 0 amide bonds. The predicted molar refractivity (Wildman–Crippen MR) is 68.7 cm³/mol. The van der Waals surface area contributed by atoms with Crippen LogP contribution in [0.3, 0.4) is 0 Å². The van der Waals surface area contributed by atoms with Gasteiger partial charge in [-0.15, -0.1) is 0 Å². The Hall–Kier alpha value is -0.470.